The number of likely N-dealkylation sites (N-methyl/N-ethyl adjacent to an activating group) is 1. The molecule has 62 heavy (non-hydrogen) atoms. The van der Waals surface area contributed by atoms with Crippen LogP contribution in [0.3, 0.4) is 0 Å². The molecular formula is C48H58N8O6. The summed E-state index contributed by atoms with van der Waals surface area (Å²) in [6, 6.07) is 30.5. The van der Waals surface area contributed by atoms with E-state index in [4.69, 9.17) is 14.2 Å². The molecule has 0 bridgehead atoms. The van der Waals surface area contributed by atoms with E-state index in [-0.39, 0.29) is 30.6 Å². The smallest absolute Gasteiger partial charge is 0.251 e. The van der Waals surface area contributed by atoms with E-state index in [0.29, 0.717) is 70.5 Å². The summed E-state index contributed by atoms with van der Waals surface area (Å²) >= 11 is 0. The lowest BCUT2D eigenvalue weighted by Gasteiger charge is -2.31. The third-order valence-electron chi connectivity index (χ3n) is 10.5. The minimum absolute atomic E-state index is 0.0749. The number of rotatable bonds is 23. The summed E-state index contributed by atoms with van der Waals surface area (Å²) in [6.07, 6.45) is 0.153. The number of amides is 3. The summed E-state index contributed by atoms with van der Waals surface area (Å²) in [4.78, 5) is 45.0. The number of nitrogens with one attached hydrogen (secondary N) is 3. The van der Waals surface area contributed by atoms with Crippen molar-refractivity contribution in [2.24, 2.45) is 10.2 Å². The number of piperazine rings is 1. The number of ether oxygens (including phenoxy) is 3. The van der Waals surface area contributed by atoms with E-state index in [1.165, 1.54) is 5.69 Å². The first-order valence-electron chi connectivity index (χ1n) is 21.5. The van der Waals surface area contributed by atoms with Crippen molar-refractivity contribution in [3.8, 4) is 11.8 Å². The summed E-state index contributed by atoms with van der Waals surface area (Å²) in [5.74, 6) is 5.86. The Morgan fingerprint density at radius 3 is 2.00 bits per heavy atom. The van der Waals surface area contributed by atoms with Crippen LogP contribution in [0.15, 0.2) is 107 Å². The van der Waals surface area contributed by atoms with E-state index in [0.717, 1.165) is 73.9 Å². The predicted molar refractivity (Wildman–Crippen MR) is 241 cm³/mol. The highest BCUT2D eigenvalue weighted by molar-refractivity contribution is 5.97. The summed E-state index contributed by atoms with van der Waals surface area (Å²) in [5, 5.41) is 17.8. The number of hydrogen-bond donors (Lipinski definition) is 3. The minimum atomic E-state index is -0.212. The van der Waals surface area contributed by atoms with Crippen LogP contribution in [0.25, 0.3) is 0 Å². The quantitative estimate of drug-likeness (QED) is 0.0504. The Kier molecular flexibility index (Phi) is 18.4. The van der Waals surface area contributed by atoms with E-state index in [1.54, 1.807) is 29.2 Å². The molecule has 14 nitrogen and oxygen atoms in total. The molecule has 3 amide bonds. The molecule has 2 aliphatic rings. The average Bonchev–Trinajstić information content (AvgIpc) is 3.30. The molecular weight excluding hydrogens is 785 g/mol. The van der Waals surface area contributed by atoms with Gasteiger partial charge in [0, 0.05) is 94.1 Å². The van der Waals surface area contributed by atoms with Gasteiger partial charge in [0.2, 0.25) is 11.8 Å². The first-order valence-corrected chi connectivity index (χ1v) is 21.5. The van der Waals surface area contributed by atoms with Gasteiger partial charge in [-0.2, -0.15) is 10.2 Å². The fourth-order valence-corrected chi connectivity index (χ4v) is 6.99. The lowest BCUT2D eigenvalue weighted by Crippen LogP contribution is -2.46. The molecule has 2 aliphatic heterocycles. The van der Waals surface area contributed by atoms with E-state index in [9.17, 15) is 14.4 Å². The van der Waals surface area contributed by atoms with Crippen LogP contribution < -0.4 is 25.8 Å². The van der Waals surface area contributed by atoms with Crippen LogP contribution in [0, 0.1) is 11.8 Å². The lowest BCUT2D eigenvalue weighted by molar-refractivity contribution is -0.125. The van der Waals surface area contributed by atoms with E-state index >= 15 is 0 Å². The zero-order valence-corrected chi connectivity index (χ0v) is 35.7. The van der Waals surface area contributed by atoms with Gasteiger partial charge < -0.3 is 40.0 Å². The molecule has 0 atom stereocenters. The zero-order valence-electron chi connectivity index (χ0n) is 35.7. The van der Waals surface area contributed by atoms with Crippen molar-refractivity contribution in [1.82, 2.24) is 20.9 Å². The number of para-hydroxylation sites is 1. The first-order chi connectivity index (χ1) is 30.5. The number of benzene rings is 4. The number of anilines is 2. The van der Waals surface area contributed by atoms with Crippen LogP contribution in [0.1, 0.15) is 46.8 Å². The average molecular weight is 843 g/mol. The molecule has 6 rings (SSSR count). The summed E-state index contributed by atoms with van der Waals surface area (Å²) < 4.78 is 16.7. The number of carbonyl (C=O) groups excluding carboxylic acids is 3. The predicted octanol–water partition coefficient (Wildman–Crippen LogP) is 5.46. The number of nitrogens with zero attached hydrogens (tertiary/aromatic N) is 5. The largest absolute Gasteiger partial charge is 0.377 e. The van der Waals surface area contributed by atoms with Gasteiger partial charge in [-0.3, -0.25) is 19.3 Å². The second-order valence-corrected chi connectivity index (χ2v) is 14.8. The molecule has 0 radical (unpaired) electrons. The Labute approximate surface area is 365 Å². The molecule has 3 N–H and O–H groups in total. The Morgan fingerprint density at radius 2 is 1.31 bits per heavy atom. The van der Waals surface area contributed by atoms with Gasteiger partial charge in [-0.25, -0.2) is 0 Å². The maximum atomic E-state index is 13.3. The van der Waals surface area contributed by atoms with Gasteiger partial charge in [-0.15, -0.1) is 0 Å². The Balaban J connectivity index is 0.761. The third kappa shape index (κ3) is 14.6. The molecule has 4 aromatic carbocycles. The zero-order chi connectivity index (χ0) is 43.2. The minimum Gasteiger partial charge on any atom is -0.377 e. The first kappa shape index (κ1) is 45.6. The van der Waals surface area contributed by atoms with Gasteiger partial charge >= 0.3 is 0 Å². The fraction of sp³-hybridized carbons (Fsp3) is 0.396. The Morgan fingerprint density at radius 1 is 0.710 bits per heavy atom. The molecule has 2 heterocycles. The second-order valence-electron chi connectivity index (χ2n) is 14.8. The highest BCUT2D eigenvalue weighted by Crippen LogP contribution is 2.26. The normalized spacial score (nSPS) is 13.6. The van der Waals surface area contributed by atoms with Crippen molar-refractivity contribution in [2.75, 3.05) is 108 Å². The van der Waals surface area contributed by atoms with Crippen molar-refractivity contribution in [1.29, 1.82) is 0 Å². The van der Waals surface area contributed by atoms with Crippen molar-refractivity contribution in [3.05, 3.63) is 119 Å². The summed E-state index contributed by atoms with van der Waals surface area (Å²) in [6.45, 7) is 12.7. The highest BCUT2D eigenvalue weighted by atomic mass is 16.5. The molecule has 0 saturated carbocycles. The van der Waals surface area contributed by atoms with Crippen molar-refractivity contribution < 1.29 is 28.6 Å². The van der Waals surface area contributed by atoms with Gasteiger partial charge in [0.1, 0.15) is 0 Å². The molecule has 14 heteroatoms. The van der Waals surface area contributed by atoms with Crippen LogP contribution in [-0.4, -0.2) is 121 Å². The number of carbonyl (C=O) groups is 3. The van der Waals surface area contributed by atoms with Gasteiger partial charge in [-0.05, 0) is 79.2 Å². The van der Waals surface area contributed by atoms with Gasteiger partial charge in [-0.1, -0.05) is 42.2 Å². The third-order valence-corrected chi connectivity index (χ3v) is 10.5. The van der Waals surface area contributed by atoms with Crippen molar-refractivity contribution >= 4 is 40.5 Å². The molecule has 0 spiro atoms. The van der Waals surface area contributed by atoms with Crippen LogP contribution in [0.2, 0.25) is 0 Å². The fourth-order valence-electron chi connectivity index (χ4n) is 6.99. The van der Waals surface area contributed by atoms with E-state index < -0.39 is 0 Å². The molecule has 326 valence electrons. The Hall–Kier alpha value is -5.95. The molecule has 0 unspecified atom stereocenters. The summed E-state index contributed by atoms with van der Waals surface area (Å²) in [5.41, 5.74) is 6.51. The monoisotopic (exact) mass is 842 g/mol. The van der Waals surface area contributed by atoms with Gasteiger partial charge in [0.05, 0.1) is 63.2 Å². The summed E-state index contributed by atoms with van der Waals surface area (Å²) in [7, 11) is 0. The van der Waals surface area contributed by atoms with Crippen LogP contribution >= 0.6 is 0 Å². The van der Waals surface area contributed by atoms with Gasteiger partial charge in [0.25, 0.3) is 5.91 Å². The van der Waals surface area contributed by atoms with E-state index in [2.05, 4.69) is 66.9 Å². The van der Waals surface area contributed by atoms with Gasteiger partial charge in [0.15, 0.2) is 0 Å². The topological polar surface area (TPSA) is 149 Å². The second kappa shape index (κ2) is 25.1. The standard InChI is InChI=1S/C48H58N8O6/c1-2-55(30-29-54-27-23-49-24-28-54)44-19-17-43(18-20-44)53-52-42-15-13-40(14-16-42)48(59)51-26-32-61-34-36-62-35-33-60-31-25-50-46(57)21-22-47(58)56-37-41-9-4-3-7-38(41)11-12-39-8-5-6-10-45(39)56/h3-10,13-20,49H,2,21-37H2,1H3,(H,50,57)(H,51,59). The van der Waals surface area contributed by atoms with Crippen LogP contribution in [0.5, 0.6) is 0 Å². The molecule has 1 fully saturated rings. The number of azo groups is 1. The molecule has 1 saturated heterocycles. The lowest BCUT2D eigenvalue weighted by atomic mass is 10.0. The van der Waals surface area contributed by atoms with Crippen LogP contribution in [-0.2, 0) is 30.3 Å². The maximum Gasteiger partial charge on any atom is 0.251 e. The SMILES string of the molecule is CCN(CCN1CCNCC1)c1ccc(N=Nc2ccc(C(=O)NCCOCCOCCOCCNC(=O)CCC(=O)N3Cc4ccccc4C#Cc4ccccc43)cc2)cc1. The molecule has 0 aromatic heterocycles. The van der Waals surface area contributed by atoms with E-state index in [1.807, 2.05) is 60.7 Å². The van der Waals surface area contributed by atoms with Crippen LogP contribution in [0.4, 0.5) is 22.7 Å². The molecule has 0 aliphatic carbocycles. The molecule has 4 aromatic rings. The maximum absolute atomic E-state index is 13.3. The number of hydrogen-bond acceptors (Lipinski definition) is 11. The number of fused-ring (bicyclic) bond motifs is 2. The highest BCUT2D eigenvalue weighted by Gasteiger charge is 2.22. The van der Waals surface area contributed by atoms with Crippen molar-refractivity contribution in [3.63, 3.8) is 0 Å². The van der Waals surface area contributed by atoms with Crippen molar-refractivity contribution in [2.45, 2.75) is 26.3 Å². The Bertz CT molecular complexity index is 2130.